The molecule has 38 heavy (non-hydrogen) atoms. The van der Waals surface area contributed by atoms with Crippen LogP contribution in [0.15, 0.2) is 66.2 Å². The van der Waals surface area contributed by atoms with Crippen molar-refractivity contribution in [3.05, 3.63) is 80.9 Å². The Kier molecular flexibility index (Phi) is 6.44. The van der Waals surface area contributed by atoms with Gasteiger partial charge in [0.2, 0.25) is 0 Å². The van der Waals surface area contributed by atoms with E-state index < -0.39 is 17.7 Å². The number of Topliss-reactive ketones (excluding diaryl/α,β-unsaturated/α-hetero) is 1. The number of ketones is 1. The lowest BCUT2D eigenvalue weighted by molar-refractivity contribution is -0.132. The highest BCUT2D eigenvalue weighted by molar-refractivity contribution is 14.1. The van der Waals surface area contributed by atoms with Crippen LogP contribution >= 0.6 is 33.9 Å². The largest absolute Gasteiger partial charge is 0.507 e. The Balaban J connectivity index is 1.51. The third-order valence-electron chi connectivity index (χ3n) is 6.31. The Morgan fingerprint density at radius 2 is 1.84 bits per heavy atom. The number of ether oxygens (including phenoxy) is 3. The number of thiazole rings is 1. The molecule has 1 unspecified atom stereocenters. The normalized spacial score (nSPS) is 18.3. The van der Waals surface area contributed by atoms with Gasteiger partial charge in [-0.3, -0.25) is 14.5 Å². The minimum atomic E-state index is -0.868. The number of nitrogens with zero attached hydrogens (tertiary/aromatic N) is 2. The summed E-state index contributed by atoms with van der Waals surface area (Å²) >= 11 is 3.48. The first-order valence-electron chi connectivity index (χ1n) is 11.9. The molecule has 6 rings (SSSR count). The molecule has 192 valence electrons. The van der Waals surface area contributed by atoms with Crippen LogP contribution in [0.1, 0.15) is 24.1 Å². The predicted octanol–water partition coefficient (Wildman–Crippen LogP) is 5.70. The van der Waals surface area contributed by atoms with Gasteiger partial charge in [-0.25, -0.2) is 4.98 Å². The van der Waals surface area contributed by atoms with Gasteiger partial charge in [-0.05, 0) is 83.6 Å². The lowest BCUT2D eigenvalue weighted by atomic mass is 9.95. The van der Waals surface area contributed by atoms with Gasteiger partial charge in [0.15, 0.2) is 16.6 Å². The van der Waals surface area contributed by atoms with Crippen molar-refractivity contribution in [3.8, 4) is 17.2 Å². The molecule has 0 radical (unpaired) electrons. The van der Waals surface area contributed by atoms with Gasteiger partial charge in [-0.15, -0.1) is 0 Å². The molecule has 0 aliphatic carbocycles. The molecular formula is C28H21IN2O6S. The van der Waals surface area contributed by atoms with E-state index >= 15 is 0 Å². The van der Waals surface area contributed by atoms with Crippen LogP contribution in [0.25, 0.3) is 16.0 Å². The second-order valence-corrected chi connectivity index (χ2v) is 10.9. The van der Waals surface area contributed by atoms with E-state index in [4.69, 9.17) is 14.2 Å². The average Bonchev–Trinajstić information content (AvgIpc) is 3.46. The number of anilines is 1. The summed E-state index contributed by atoms with van der Waals surface area (Å²) in [6.07, 6.45) is 0. The lowest BCUT2D eigenvalue weighted by Gasteiger charge is -2.23. The quantitative estimate of drug-likeness (QED) is 0.130. The summed E-state index contributed by atoms with van der Waals surface area (Å²) in [5.74, 6) is -0.0944. The molecule has 4 aromatic rings. The molecule has 1 N–H and O–H groups in total. The number of hydrogen-bond acceptors (Lipinski definition) is 8. The van der Waals surface area contributed by atoms with Gasteiger partial charge in [0, 0.05) is 9.13 Å². The third kappa shape index (κ3) is 4.27. The average molecular weight is 640 g/mol. The van der Waals surface area contributed by atoms with Gasteiger partial charge in [0.1, 0.15) is 24.7 Å². The monoisotopic (exact) mass is 640 g/mol. The zero-order valence-electron chi connectivity index (χ0n) is 20.1. The highest BCUT2D eigenvalue weighted by Crippen LogP contribution is 2.45. The molecule has 0 bridgehead atoms. The number of rotatable bonds is 5. The number of hydrogen-bond donors (Lipinski definition) is 1. The summed E-state index contributed by atoms with van der Waals surface area (Å²) in [7, 11) is 0. The number of aliphatic hydroxyl groups excluding tert-OH is 1. The topological polar surface area (TPSA) is 98.2 Å². The molecule has 2 aliphatic heterocycles. The highest BCUT2D eigenvalue weighted by Gasteiger charge is 2.48. The van der Waals surface area contributed by atoms with Gasteiger partial charge in [0.25, 0.3) is 5.78 Å². The van der Waals surface area contributed by atoms with Crippen molar-refractivity contribution in [1.82, 2.24) is 4.98 Å². The number of aliphatic hydroxyl groups is 1. The number of amides is 1. The van der Waals surface area contributed by atoms with Crippen molar-refractivity contribution in [2.24, 2.45) is 0 Å². The number of aromatic nitrogens is 1. The SMILES string of the molecule is CCOc1ccc2nc(N3C(=O)C(=O)C(=C(O)c4ccc5c(c4)OCCO5)C3c3ccc(I)cc3)sc2c1. The first kappa shape index (κ1) is 24.7. The molecule has 3 heterocycles. The van der Waals surface area contributed by atoms with E-state index in [0.717, 1.165) is 8.27 Å². The smallest absolute Gasteiger partial charge is 0.301 e. The van der Waals surface area contributed by atoms with E-state index in [-0.39, 0.29) is 11.3 Å². The van der Waals surface area contributed by atoms with Crippen LogP contribution in [0.4, 0.5) is 5.13 Å². The molecule has 1 saturated heterocycles. The Morgan fingerprint density at radius 1 is 1.08 bits per heavy atom. The molecule has 0 spiro atoms. The molecule has 1 aromatic heterocycles. The molecular weight excluding hydrogens is 619 g/mol. The van der Waals surface area contributed by atoms with Crippen LogP contribution in [0, 0.1) is 3.57 Å². The number of carbonyl (C=O) groups is 2. The summed E-state index contributed by atoms with van der Waals surface area (Å²) in [6.45, 7) is 3.25. The fraction of sp³-hybridized carbons (Fsp3) is 0.179. The number of carbonyl (C=O) groups excluding carboxylic acids is 2. The van der Waals surface area contributed by atoms with Crippen LogP contribution < -0.4 is 19.1 Å². The van der Waals surface area contributed by atoms with E-state index in [0.29, 0.717) is 58.8 Å². The second kappa shape index (κ2) is 9.91. The molecule has 1 fully saturated rings. The van der Waals surface area contributed by atoms with E-state index in [1.807, 2.05) is 49.4 Å². The van der Waals surface area contributed by atoms with E-state index in [1.54, 1.807) is 18.2 Å². The summed E-state index contributed by atoms with van der Waals surface area (Å²) < 4.78 is 18.7. The molecule has 10 heteroatoms. The third-order valence-corrected chi connectivity index (χ3v) is 8.05. The molecule has 1 amide bonds. The predicted molar refractivity (Wildman–Crippen MR) is 152 cm³/mol. The fourth-order valence-electron chi connectivity index (χ4n) is 4.59. The maximum atomic E-state index is 13.5. The zero-order valence-corrected chi connectivity index (χ0v) is 23.1. The van der Waals surface area contributed by atoms with Crippen LogP contribution in [-0.4, -0.2) is 41.6 Å². The summed E-state index contributed by atoms with van der Waals surface area (Å²) in [6, 6.07) is 17.1. The Labute approximate surface area is 235 Å². The highest BCUT2D eigenvalue weighted by atomic mass is 127. The summed E-state index contributed by atoms with van der Waals surface area (Å²) in [4.78, 5) is 33.0. The number of benzene rings is 3. The van der Waals surface area contributed by atoms with Crippen molar-refractivity contribution >= 4 is 66.7 Å². The summed E-state index contributed by atoms with van der Waals surface area (Å²) in [5.41, 5.74) is 1.71. The van der Waals surface area contributed by atoms with Gasteiger partial charge in [0.05, 0.1) is 28.4 Å². The van der Waals surface area contributed by atoms with Crippen molar-refractivity contribution in [2.75, 3.05) is 24.7 Å². The van der Waals surface area contributed by atoms with Gasteiger partial charge < -0.3 is 19.3 Å². The van der Waals surface area contributed by atoms with E-state index in [9.17, 15) is 14.7 Å². The molecule has 0 saturated carbocycles. The molecule has 8 nitrogen and oxygen atoms in total. The maximum Gasteiger partial charge on any atom is 0.301 e. The first-order valence-corrected chi connectivity index (χ1v) is 13.8. The van der Waals surface area contributed by atoms with Crippen LogP contribution in [0.2, 0.25) is 0 Å². The lowest BCUT2D eigenvalue weighted by Crippen LogP contribution is -2.29. The van der Waals surface area contributed by atoms with E-state index in [2.05, 4.69) is 27.6 Å². The molecule has 1 atom stereocenters. The van der Waals surface area contributed by atoms with E-state index in [1.165, 1.54) is 16.2 Å². The van der Waals surface area contributed by atoms with Crippen LogP contribution in [0.5, 0.6) is 17.2 Å². The zero-order chi connectivity index (χ0) is 26.4. The van der Waals surface area contributed by atoms with Crippen LogP contribution in [-0.2, 0) is 9.59 Å². The van der Waals surface area contributed by atoms with Crippen molar-refractivity contribution < 1.29 is 28.9 Å². The molecule has 3 aromatic carbocycles. The van der Waals surface area contributed by atoms with Gasteiger partial charge in [-0.1, -0.05) is 23.5 Å². The van der Waals surface area contributed by atoms with Crippen molar-refractivity contribution in [2.45, 2.75) is 13.0 Å². The standard InChI is InChI=1S/C28H21IN2O6S/c1-2-35-18-8-9-19-22(14-18)38-28(30-19)31-24(15-3-6-17(29)7-4-15)23(26(33)27(31)34)25(32)16-5-10-20-21(13-16)37-12-11-36-20/h3-10,13-14,24,32H,2,11-12H2,1H3. The molecule has 2 aliphatic rings. The summed E-state index contributed by atoms with van der Waals surface area (Å²) in [5, 5.41) is 11.8. The fourth-order valence-corrected chi connectivity index (χ4v) is 5.97. The Hall–Kier alpha value is -3.64. The minimum absolute atomic E-state index is 0.0119. The van der Waals surface area contributed by atoms with Crippen molar-refractivity contribution in [1.29, 1.82) is 0 Å². The van der Waals surface area contributed by atoms with Crippen LogP contribution in [0.3, 0.4) is 0 Å². The van der Waals surface area contributed by atoms with Gasteiger partial charge in [-0.2, -0.15) is 0 Å². The Morgan fingerprint density at radius 3 is 2.61 bits per heavy atom. The maximum absolute atomic E-state index is 13.5. The van der Waals surface area contributed by atoms with Crippen molar-refractivity contribution in [3.63, 3.8) is 0 Å². The first-order chi connectivity index (χ1) is 18.4. The minimum Gasteiger partial charge on any atom is -0.507 e. The van der Waals surface area contributed by atoms with Gasteiger partial charge >= 0.3 is 5.91 Å². The number of halogens is 1. The second-order valence-electron chi connectivity index (χ2n) is 8.64. The Bertz CT molecular complexity index is 1610. The number of fused-ring (bicyclic) bond motifs is 2.